The van der Waals surface area contributed by atoms with Crippen LogP contribution in [0.1, 0.15) is 16.2 Å². The summed E-state index contributed by atoms with van der Waals surface area (Å²) in [5, 5.41) is 9.53. The molecule has 3 rings (SSSR count). The van der Waals surface area contributed by atoms with Crippen LogP contribution >= 0.6 is 0 Å². The first kappa shape index (κ1) is 19.8. The van der Waals surface area contributed by atoms with Gasteiger partial charge in [-0.15, -0.1) is 10.2 Å². The van der Waals surface area contributed by atoms with E-state index in [-0.39, 0.29) is 17.0 Å². The third kappa shape index (κ3) is 4.64. The second kappa shape index (κ2) is 7.56. The van der Waals surface area contributed by atoms with Crippen LogP contribution in [0.2, 0.25) is 0 Å². The molecular weight excluding hydrogens is 399 g/mol. The van der Waals surface area contributed by atoms with Crippen LogP contribution in [0.3, 0.4) is 0 Å². The highest BCUT2D eigenvalue weighted by atomic mass is 32.2. The molecular formula is C16H14F3N5O3S. The van der Waals surface area contributed by atoms with Crippen molar-refractivity contribution < 1.29 is 26.4 Å². The number of nitrogens with one attached hydrogen (secondary N) is 2. The normalized spacial score (nSPS) is 12.2. The van der Waals surface area contributed by atoms with Gasteiger partial charge in [0.15, 0.2) is 11.5 Å². The van der Waals surface area contributed by atoms with Crippen molar-refractivity contribution in [3.63, 3.8) is 0 Å². The number of fused-ring (bicyclic) bond motifs is 1. The standard InChI is InChI=1S/C16H14F3N5O3S/c17-16(18,19)10-20-15(25)11-4-6-12(7-5-11)28(26,27)21-9-14-23-22-13-3-1-2-8-24(13)14/h1-8,21H,9-10H2,(H,20,25). The lowest BCUT2D eigenvalue weighted by molar-refractivity contribution is -0.123. The fraction of sp³-hybridized carbons (Fsp3) is 0.188. The maximum atomic E-state index is 12.4. The van der Waals surface area contributed by atoms with E-state index in [1.54, 1.807) is 34.1 Å². The number of pyridine rings is 1. The highest BCUT2D eigenvalue weighted by Crippen LogP contribution is 2.14. The van der Waals surface area contributed by atoms with Gasteiger partial charge in [-0.25, -0.2) is 13.1 Å². The fourth-order valence-electron chi connectivity index (χ4n) is 2.32. The van der Waals surface area contributed by atoms with E-state index in [0.29, 0.717) is 11.5 Å². The van der Waals surface area contributed by atoms with Gasteiger partial charge in [-0.2, -0.15) is 13.2 Å². The smallest absolute Gasteiger partial charge is 0.343 e. The summed E-state index contributed by atoms with van der Waals surface area (Å²) in [7, 11) is -3.93. The lowest BCUT2D eigenvalue weighted by Crippen LogP contribution is -2.33. The minimum Gasteiger partial charge on any atom is -0.343 e. The first-order valence-corrected chi connectivity index (χ1v) is 9.37. The van der Waals surface area contributed by atoms with E-state index in [9.17, 15) is 26.4 Å². The predicted octanol–water partition coefficient (Wildman–Crippen LogP) is 1.50. The van der Waals surface area contributed by atoms with E-state index in [2.05, 4.69) is 14.9 Å². The van der Waals surface area contributed by atoms with Crippen LogP contribution in [0.25, 0.3) is 5.65 Å². The number of halogens is 3. The van der Waals surface area contributed by atoms with Gasteiger partial charge in [0.25, 0.3) is 5.91 Å². The molecule has 0 unspecified atom stereocenters. The number of benzene rings is 1. The minimum absolute atomic E-state index is 0.0911. The number of carbonyl (C=O) groups excluding carboxylic acids is 1. The number of rotatable bonds is 6. The van der Waals surface area contributed by atoms with Crippen molar-refractivity contribution in [2.75, 3.05) is 6.54 Å². The van der Waals surface area contributed by atoms with Crippen LogP contribution in [0.15, 0.2) is 53.6 Å². The molecule has 0 bridgehead atoms. The average Bonchev–Trinajstić information content (AvgIpc) is 3.07. The minimum atomic E-state index is -4.53. The molecule has 2 aromatic heterocycles. The lowest BCUT2D eigenvalue weighted by Gasteiger charge is -2.09. The van der Waals surface area contributed by atoms with Gasteiger partial charge >= 0.3 is 6.18 Å². The van der Waals surface area contributed by atoms with Gasteiger partial charge in [-0.05, 0) is 36.4 Å². The Morgan fingerprint density at radius 1 is 1.07 bits per heavy atom. The van der Waals surface area contributed by atoms with Crippen LogP contribution in [-0.2, 0) is 16.6 Å². The van der Waals surface area contributed by atoms with Crippen LogP contribution < -0.4 is 10.0 Å². The van der Waals surface area contributed by atoms with Crippen LogP contribution in [0.4, 0.5) is 13.2 Å². The molecule has 0 saturated carbocycles. The Bertz CT molecular complexity index is 1090. The van der Waals surface area contributed by atoms with E-state index < -0.39 is 28.7 Å². The maximum Gasteiger partial charge on any atom is 0.405 e. The maximum absolute atomic E-state index is 12.4. The molecule has 28 heavy (non-hydrogen) atoms. The predicted molar refractivity (Wildman–Crippen MR) is 91.8 cm³/mol. The molecule has 1 amide bonds. The molecule has 0 spiro atoms. The van der Waals surface area contributed by atoms with E-state index in [4.69, 9.17) is 0 Å². The number of nitrogens with zero attached hydrogens (tertiary/aromatic N) is 3. The van der Waals surface area contributed by atoms with Gasteiger partial charge in [0, 0.05) is 11.8 Å². The zero-order chi connectivity index (χ0) is 20.4. The number of hydrogen-bond donors (Lipinski definition) is 2. The number of hydrogen-bond acceptors (Lipinski definition) is 5. The number of amides is 1. The summed E-state index contributed by atoms with van der Waals surface area (Å²) in [5.41, 5.74) is 0.470. The summed E-state index contributed by atoms with van der Waals surface area (Å²) in [6, 6.07) is 9.76. The molecule has 0 atom stereocenters. The molecule has 0 fully saturated rings. The summed E-state index contributed by atoms with van der Waals surface area (Å²) in [4.78, 5) is 11.5. The lowest BCUT2D eigenvalue weighted by atomic mass is 10.2. The Labute approximate surface area is 157 Å². The molecule has 2 heterocycles. The van der Waals surface area contributed by atoms with E-state index in [0.717, 1.165) is 24.3 Å². The second-order valence-electron chi connectivity index (χ2n) is 5.69. The average molecular weight is 413 g/mol. The van der Waals surface area contributed by atoms with Crippen molar-refractivity contribution >= 4 is 21.6 Å². The molecule has 0 aliphatic carbocycles. The Balaban J connectivity index is 1.67. The topological polar surface area (TPSA) is 105 Å². The van der Waals surface area contributed by atoms with Crippen molar-refractivity contribution in [1.82, 2.24) is 24.6 Å². The van der Waals surface area contributed by atoms with Crippen LogP contribution in [0.5, 0.6) is 0 Å². The molecule has 3 aromatic rings. The van der Waals surface area contributed by atoms with Crippen molar-refractivity contribution in [1.29, 1.82) is 0 Å². The van der Waals surface area contributed by atoms with Crippen molar-refractivity contribution in [3.8, 4) is 0 Å². The fourth-order valence-corrected chi connectivity index (χ4v) is 3.30. The van der Waals surface area contributed by atoms with E-state index >= 15 is 0 Å². The number of sulfonamides is 1. The molecule has 0 saturated heterocycles. The van der Waals surface area contributed by atoms with Crippen LogP contribution in [0, 0.1) is 0 Å². The third-order valence-corrected chi connectivity index (χ3v) is 5.10. The highest BCUT2D eigenvalue weighted by Gasteiger charge is 2.28. The molecule has 8 nitrogen and oxygen atoms in total. The summed E-state index contributed by atoms with van der Waals surface area (Å²) < 4.78 is 65.2. The zero-order valence-electron chi connectivity index (χ0n) is 14.1. The van der Waals surface area contributed by atoms with Gasteiger partial charge in [0.1, 0.15) is 6.54 Å². The summed E-state index contributed by atoms with van der Waals surface area (Å²) >= 11 is 0. The van der Waals surface area contributed by atoms with Crippen molar-refractivity contribution in [2.24, 2.45) is 0 Å². The first-order valence-electron chi connectivity index (χ1n) is 7.89. The highest BCUT2D eigenvalue weighted by molar-refractivity contribution is 7.89. The molecule has 148 valence electrons. The Morgan fingerprint density at radius 3 is 2.46 bits per heavy atom. The van der Waals surface area contributed by atoms with Gasteiger partial charge in [-0.1, -0.05) is 6.07 Å². The third-order valence-electron chi connectivity index (χ3n) is 3.68. The summed E-state index contributed by atoms with van der Waals surface area (Å²) in [6.07, 6.45) is -2.85. The largest absolute Gasteiger partial charge is 0.405 e. The zero-order valence-corrected chi connectivity index (χ0v) is 15.0. The number of aromatic nitrogens is 3. The summed E-state index contributed by atoms with van der Waals surface area (Å²) in [6.45, 7) is -1.60. The Hall–Kier alpha value is -2.99. The van der Waals surface area contributed by atoms with Gasteiger partial charge in [0.2, 0.25) is 10.0 Å². The SMILES string of the molecule is O=C(NCC(F)(F)F)c1ccc(S(=O)(=O)NCc2nnc3ccccn23)cc1. The van der Waals surface area contributed by atoms with Crippen molar-refractivity contribution in [2.45, 2.75) is 17.6 Å². The molecule has 0 aliphatic heterocycles. The number of carbonyl (C=O) groups is 1. The Kier molecular flexibility index (Phi) is 5.34. The van der Waals surface area contributed by atoms with Crippen LogP contribution in [-0.4, -0.2) is 41.6 Å². The molecule has 2 N–H and O–H groups in total. The van der Waals surface area contributed by atoms with Gasteiger partial charge < -0.3 is 5.32 Å². The molecule has 0 radical (unpaired) electrons. The molecule has 1 aromatic carbocycles. The molecule has 12 heteroatoms. The van der Waals surface area contributed by atoms with E-state index in [1.165, 1.54) is 0 Å². The Morgan fingerprint density at radius 2 is 1.79 bits per heavy atom. The van der Waals surface area contributed by atoms with E-state index in [1.807, 2.05) is 0 Å². The number of alkyl halides is 3. The van der Waals surface area contributed by atoms with Gasteiger partial charge in [0.05, 0.1) is 11.4 Å². The quantitative estimate of drug-likeness (QED) is 0.637. The second-order valence-corrected chi connectivity index (χ2v) is 7.46. The van der Waals surface area contributed by atoms with Gasteiger partial charge in [-0.3, -0.25) is 9.20 Å². The molecule has 0 aliphatic rings. The first-order chi connectivity index (χ1) is 13.2. The monoisotopic (exact) mass is 413 g/mol. The summed E-state index contributed by atoms with van der Waals surface area (Å²) in [5.74, 6) is -0.577. The van der Waals surface area contributed by atoms with Crippen molar-refractivity contribution in [3.05, 3.63) is 60.0 Å².